The summed E-state index contributed by atoms with van der Waals surface area (Å²) in [6.45, 7) is 3.72. The molecule has 0 radical (unpaired) electrons. The average molecular weight is 211 g/mol. The van der Waals surface area contributed by atoms with Crippen molar-refractivity contribution in [2.75, 3.05) is 0 Å². The second-order valence-electron chi connectivity index (χ2n) is 3.59. The number of carbonyl (C=O) groups excluding carboxylic acids is 1. The highest BCUT2D eigenvalue weighted by molar-refractivity contribution is 6.64. The molecule has 0 bridgehead atoms. The molecule has 0 saturated heterocycles. The number of halogens is 3. The van der Waals surface area contributed by atoms with Gasteiger partial charge in [-0.05, 0) is 29.0 Å². The van der Waals surface area contributed by atoms with Crippen LogP contribution in [0.4, 0.5) is 4.39 Å². The Hall–Kier alpha value is -0.0800. The number of hydrogen-bond donors (Lipinski definition) is 0. The minimum atomic E-state index is -0.770. The summed E-state index contributed by atoms with van der Waals surface area (Å²) in [5, 5.41) is -1.19. The van der Waals surface area contributed by atoms with Crippen molar-refractivity contribution in [3.63, 3.8) is 0 Å². The van der Waals surface area contributed by atoms with Crippen molar-refractivity contribution >= 4 is 28.4 Å². The molecule has 0 aliphatic heterocycles. The highest BCUT2D eigenvalue weighted by Crippen LogP contribution is 2.60. The summed E-state index contributed by atoms with van der Waals surface area (Å²) in [7, 11) is 0. The number of allylic oxidation sites excluding steroid dienone is 1. The quantitative estimate of drug-likeness (QED) is 0.641. The van der Waals surface area contributed by atoms with E-state index in [-0.39, 0.29) is 17.3 Å². The van der Waals surface area contributed by atoms with Crippen LogP contribution in [0.2, 0.25) is 0 Å². The predicted octanol–water partition coefficient (Wildman–Crippen LogP) is 3.07. The predicted molar refractivity (Wildman–Crippen MR) is 46.7 cm³/mol. The first-order chi connectivity index (χ1) is 5.37. The van der Waals surface area contributed by atoms with Crippen molar-refractivity contribution in [1.82, 2.24) is 0 Å². The maximum atomic E-state index is 12.2. The summed E-state index contributed by atoms with van der Waals surface area (Å²) < 4.78 is 12.2. The summed E-state index contributed by atoms with van der Waals surface area (Å²) in [6.07, 6.45) is 1.24. The van der Waals surface area contributed by atoms with Gasteiger partial charge >= 0.3 is 0 Å². The topological polar surface area (TPSA) is 17.1 Å². The molecule has 4 heteroatoms. The van der Waals surface area contributed by atoms with E-state index in [1.807, 2.05) is 13.8 Å². The minimum Gasteiger partial charge on any atom is -0.281 e. The van der Waals surface area contributed by atoms with Gasteiger partial charge in [0.15, 0.2) is 5.29 Å². The molecule has 0 heterocycles. The fourth-order valence-electron chi connectivity index (χ4n) is 1.56. The second kappa shape index (κ2) is 3.00. The first-order valence-corrected chi connectivity index (χ1v) is 4.35. The van der Waals surface area contributed by atoms with E-state index >= 15 is 0 Å². The van der Waals surface area contributed by atoms with Crippen LogP contribution in [0.3, 0.4) is 0 Å². The summed E-state index contributed by atoms with van der Waals surface area (Å²) in [5.41, 5.74) is -0.245. The van der Waals surface area contributed by atoms with Crippen molar-refractivity contribution < 1.29 is 9.18 Å². The van der Waals surface area contributed by atoms with Crippen LogP contribution in [-0.4, -0.2) is 5.24 Å². The Morgan fingerprint density at radius 1 is 1.50 bits per heavy atom. The lowest BCUT2D eigenvalue weighted by Crippen LogP contribution is -1.96. The van der Waals surface area contributed by atoms with E-state index in [0.717, 1.165) is 0 Å². The summed E-state index contributed by atoms with van der Waals surface area (Å²) in [4.78, 5) is 10.8. The molecule has 0 aromatic heterocycles. The zero-order chi connectivity index (χ0) is 9.52. The van der Waals surface area contributed by atoms with Crippen LogP contribution >= 0.6 is 23.2 Å². The van der Waals surface area contributed by atoms with Crippen LogP contribution in [-0.2, 0) is 4.79 Å². The lowest BCUT2D eigenvalue weighted by molar-refractivity contribution is -0.113. The van der Waals surface area contributed by atoms with Crippen molar-refractivity contribution in [1.29, 1.82) is 0 Å². The van der Waals surface area contributed by atoms with Gasteiger partial charge in [0.1, 0.15) is 0 Å². The molecule has 68 valence electrons. The summed E-state index contributed by atoms with van der Waals surface area (Å²) >= 11 is 10.4. The molecule has 1 aliphatic carbocycles. The maximum absolute atomic E-state index is 12.2. The van der Waals surface area contributed by atoms with Gasteiger partial charge in [0, 0.05) is 5.92 Å². The van der Waals surface area contributed by atoms with Crippen molar-refractivity contribution in [2.45, 2.75) is 13.8 Å². The zero-order valence-electron chi connectivity index (χ0n) is 6.77. The van der Waals surface area contributed by atoms with E-state index in [1.165, 1.54) is 6.08 Å². The standard InChI is InChI=1S/C8H9Cl2FO/c1-8(2)4(3-5(9)11)6(8)7(10)12/h3-4,6H,1-2H3/b5-3-. The van der Waals surface area contributed by atoms with Gasteiger partial charge < -0.3 is 0 Å². The first-order valence-electron chi connectivity index (χ1n) is 3.59. The molecular weight excluding hydrogens is 202 g/mol. The Balaban J connectivity index is 2.73. The SMILES string of the molecule is CC1(C)C(/C=C(\F)Cl)C1C(=O)Cl. The van der Waals surface area contributed by atoms with Gasteiger partial charge in [-0.2, -0.15) is 4.39 Å². The molecule has 1 nitrogen and oxygen atoms in total. The van der Waals surface area contributed by atoms with E-state index in [1.54, 1.807) is 0 Å². The van der Waals surface area contributed by atoms with Gasteiger partial charge in [-0.3, -0.25) is 4.79 Å². The molecule has 0 amide bonds. The highest BCUT2D eigenvalue weighted by Gasteiger charge is 2.60. The molecule has 2 atom stereocenters. The summed E-state index contributed by atoms with van der Waals surface area (Å²) in [5.74, 6) is -0.441. The Bertz CT molecular complexity index is 243. The molecule has 0 aromatic rings. The molecule has 12 heavy (non-hydrogen) atoms. The van der Waals surface area contributed by atoms with Crippen LogP contribution < -0.4 is 0 Å². The van der Waals surface area contributed by atoms with E-state index < -0.39 is 10.5 Å². The van der Waals surface area contributed by atoms with Crippen molar-refractivity contribution in [2.24, 2.45) is 17.3 Å². The summed E-state index contributed by atoms with van der Waals surface area (Å²) in [6, 6.07) is 0. The monoisotopic (exact) mass is 210 g/mol. The van der Waals surface area contributed by atoms with E-state index in [0.29, 0.717) is 0 Å². The minimum absolute atomic E-state index is 0.153. The lowest BCUT2D eigenvalue weighted by Gasteiger charge is -1.95. The van der Waals surface area contributed by atoms with Gasteiger partial charge in [0.2, 0.25) is 5.24 Å². The van der Waals surface area contributed by atoms with Gasteiger partial charge in [0.25, 0.3) is 0 Å². The molecule has 1 rings (SSSR count). The lowest BCUT2D eigenvalue weighted by atomic mass is 10.1. The van der Waals surface area contributed by atoms with Gasteiger partial charge in [0.05, 0.1) is 0 Å². The Morgan fingerprint density at radius 3 is 2.25 bits per heavy atom. The van der Waals surface area contributed by atoms with Gasteiger partial charge in [-0.1, -0.05) is 25.4 Å². The Kier molecular flexibility index (Phi) is 2.50. The molecule has 0 aromatic carbocycles. The number of rotatable bonds is 2. The average Bonchev–Trinajstić information content (AvgIpc) is 2.32. The highest BCUT2D eigenvalue weighted by atomic mass is 35.5. The Morgan fingerprint density at radius 2 is 2.00 bits per heavy atom. The van der Waals surface area contributed by atoms with E-state index in [4.69, 9.17) is 23.2 Å². The third-order valence-corrected chi connectivity index (χ3v) is 2.82. The number of hydrogen-bond acceptors (Lipinski definition) is 1. The third-order valence-electron chi connectivity index (χ3n) is 2.46. The zero-order valence-corrected chi connectivity index (χ0v) is 8.29. The van der Waals surface area contributed by atoms with Crippen LogP contribution in [0.5, 0.6) is 0 Å². The molecular formula is C8H9Cl2FO. The van der Waals surface area contributed by atoms with E-state index in [2.05, 4.69) is 0 Å². The van der Waals surface area contributed by atoms with E-state index in [9.17, 15) is 9.18 Å². The molecule has 2 unspecified atom stereocenters. The number of carbonyl (C=O) groups is 1. The Labute approximate surface area is 80.5 Å². The fourth-order valence-corrected chi connectivity index (χ4v) is 2.11. The molecule has 1 fully saturated rings. The third kappa shape index (κ3) is 1.64. The molecule has 0 spiro atoms. The normalized spacial score (nSPS) is 33.2. The first kappa shape index (κ1) is 10.0. The van der Waals surface area contributed by atoms with Crippen LogP contribution in [0, 0.1) is 17.3 Å². The largest absolute Gasteiger partial charge is 0.281 e. The maximum Gasteiger partial charge on any atom is 0.225 e. The van der Waals surface area contributed by atoms with Gasteiger partial charge in [-0.15, -0.1) is 0 Å². The second-order valence-corrected chi connectivity index (χ2v) is 4.32. The van der Waals surface area contributed by atoms with Crippen LogP contribution in [0.15, 0.2) is 11.4 Å². The van der Waals surface area contributed by atoms with Crippen molar-refractivity contribution in [3.05, 3.63) is 11.4 Å². The molecule has 1 aliphatic rings. The molecule has 1 saturated carbocycles. The van der Waals surface area contributed by atoms with Crippen molar-refractivity contribution in [3.8, 4) is 0 Å². The smallest absolute Gasteiger partial charge is 0.225 e. The van der Waals surface area contributed by atoms with Gasteiger partial charge in [-0.25, -0.2) is 0 Å². The fraction of sp³-hybridized carbons (Fsp3) is 0.625. The van der Waals surface area contributed by atoms with Crippen LogP contribution in [0.25, 0.3) is 0 Å². The van der Waals surface area contributed by atoms with Crippen LogP contribution in [0.1, 0.15) is 13.8 Å². The molecule has 0 N–H and O–H groups in total.